The molecule has 0 aliphatic heterocycles. The van der Waals surface area contributed by atoms with Crippen LogP contribution in [0.25, 0.3) is 0 Å². The van der Waals surface area contributed by atoms with E-state index in [1.807, 2.05) is 60.7 Å². The summed E-state index contributed by atoms with van der Waals surface area (Å²) in [7, 11) is 1.22. The van der Waals surface area contributed by atoms with Crippen molar-refractivity contribution in [3.8, 4) is 0 Å². The number of methoxy groups -OCH3 is 1. The molecule has 2 aromatic rings. The maximum absolute atomic E-state index is 12.4. The van der Waals surface area contributed by atoms with E-state index in [9.17, 15) is 14.4 Å². The molecule has 29 heavy (non-hydrogen) atoms. The normalized spacial score (nSPS) is 12.5. The van der Waals surface area contributed by atoms with E-state index in [4.69, 9.17) is 15.2 Å². The van der Waals surface area contributed by atoms with Crippen molar-refractivity contribution in [2.45, 2.75) is 38.0 Å². The summed E-state index contributed by atoms with van der Waals surface area (Å²) in [5, 5.41) is 2.57. The van der Waals surface area contributed by atoms with E-state index in [1.54, 1.807) is 0 Å². The van der Waals surface area contributed by atoms with Crippen molar-refractivity contribution in [3.05, 3.63) is 71.8 Å². The molecule has 0 saturated heterocycles. The number of rotatable bonds is 10. The molecule has 0 aliphatic rings. The van der Waals surface area contributed by atoms with Gasteiger partial charge in [0.15, 0.2) is 0 Å². The van der Waals surface area contributed by atoms with Crippen LogP contribution in [0.2, 0.25) is 0 Å². The first kappa shape index (κ1) is 22.1. The van der Waals surface area contributed by atoms with Crippen molar-refractivity contribution in [1.82, 2.24) is 5.32 Å². The molecule has 0 fully saturated rings. The van der Waals surface area contributed by atoms with Crippen molar-refractivity contribution >= 4 is 17.8 Å². The molecule has 0 spiro atoms. The van der Waals surface area contributed by atoms with Crippen LogP contribution in [0.1, 0.15) is 24.0 Å². The average Bonchev–Trinajstić information content (AvgIpc) is 2.75. The zero-order valence-electron chi connectivity index (χ0n) is 16.4. The van der Waals surface area contributed by atoms with E-state index in [0.29, 0.717) is 6.42 Å². The topological polar surface area (TPSA) is 108 Å². The number of nitrogens with two attached hydrogens (primary N) is 1. The van der Waals surface area contributed by atoms with Gasteiger partial charge >= 0.3 is 11.9 Å². The first-order valence-electron chi connectivity index (χ1n) is 9.37. The molecular formula is C22H26N2O5. The Kier molecular flexibility index (Phi) is 8.85. The van der Waals surface area contributed by atoms with Gasteiger partial charge in [-0.1, -0.05) is 60.7 Å². The monoisotopic (exact) mass is 398 g/mol. The van der Waals surface area contributed by atoms with Crippen molar-refractivity contribution < 1.29 is 23.9 Å². The minimum Gasteiger partial charge on any atom is -0.467 e. The van der Waals surface area contributed by atoms with Gasteiger partial charge in [-0.05, 0) is 24.0 Å². The highest BCUT2D eigenvalue weighted by Crippen LogP contribution is 2.07. The Hall–Kier alpha value is -3.19. The van der Waals surface area contributed by atoms with Crippen molar-refractivity contribution in [2.24, 2.45) is 5.73 Å². The number of esters is 2. The SMILES string of the molecule is COC(=O)[C@@H](CCC(=O)OCc1ccccc1)NC(=O)[C@@H](N)Cc1ccccc1. The zero-order chi connectivity index (χ0) is 21.1. The smallest absolute Gasteiger partial charge is 0.328 e. The van der Waals surface area contributed by atoms with Gasteiger partial charge in [-0.25, -0.2) is 4.79 Å². The van der Waals surface area contributed by atoms with Crippen molar-refractivity contribution in [2.75, 3.05) is 7.11 Å². The number of hydrogen-bond donors (Lipinski definition) is 2. The Balaban J connectivity index is 1.83. The molecule has 2 aromatic carbocycles. The lowest BCUT2D eigenvalue weighted by atomic mass is 10.1. The summed E-state index contributed by atoms with van der Waals surface area (Å²) in [6, 6.07) is 16.8. The Bertz CT molecular complexity index is 795. The third kappa shape index (κ3) is 7.75. The average molecular weight is 398 g/mol. The molecule has 2 atom stereocenters. The highest BCUT2D eigenvalue weighted by molar-refractivity contribution is 5.87. The highest BCUT2D eigenvalue weighted by atomic mass is 16.5. The van der Waals surface area contributed by atoms with Gasteiger partial charge in [-0.15, -0.1) is 0 Å². The Labute approximate surface area is 170 Å². The van der Waals surface area contributed by atoms with Gasteiger partial charge in [0.2, 0.25) is 5.91 Å². The van der Waals surface area contributed by atoms with E-state index in [2.05, 4.69) is 5.32 Å². The van der Waals surface area contributed by atoms with Crippen LogP contribution in [0.5, 0.6) is 0 Å². The molecule has 2 rings (SSSR count). The van der Waals surface area contributed by atoms with Gasteiger partial charge in [0.05, 0.1) is 13.2 Å². The summed E-state index contributed by atoms with van der Waals surface area (Å²) in [5.74, 6) is -1.59. The summed E-state index contributed by atoms with van der Waals surface area (Å²) < 4.78 is 9.92. The molecule has 0 unspecified atom stereocenters. The number of nitrogens with one attached hydrogen (secondary N) is 1. The third-order valence-electron chi connectivity index (χ3n) is 4.32. The second-order valence-electron chi connectivity index (χ2n) is 6.57. The fourth-order valence-electron chi connectivity index (χ4n) is 2.70. The minimum absolute atomic E-state index is 0.0409. The summed E-state index contributed by atoms with van der Waals surface area (Å²) in [6.45, 7) is 0.150. The quantitative estimate of drug-likeness (QED) is 0.590. The number of carbonyl (C=O) groups is 3. The lowest BCUT2D eigenvalue weighted by Crippen LogP contribution is -2.49. The number of hydrogen-bond acceptors (Lipinski definition) is 6. The van der Waals surface area contributed by atoms with Gasteiger partial charge in [0, 0.05) is 6.42 Å². The van der Waals surface area contributed by atoms with E-state index < -0.39 is 29.9 Å². The summed E-state index contributed by atoms with van der Waals surface area (Å²) in [5.41, 5.74) is 7.73. The molecule has 0 aromatic heterocycles. The van der Waals surface area contributed by atoms with Crippen LogP contribution in [0.4, 0.5) is 0 Å². The van der Waals surface area contributed by atoms with E-state index in [1.165, 1.54) is 7.11 Å². The molecular weight excluding hydrogens is 372 g/mol. The molecule has 0 aliphatic carbocycles. The molecule has 154 valence electrons. The van der Waals surface area contributed by atoms with Gasteiger partial charge < -0.3 is 20.5 Å². The lowest BCUT2D eigenvalue weighted by molar-refractivity contribution is -0.148. The first-order chi connectivity index (χ1) is 14.0. The predicted molar refractivity (Wildman–Crippen MR) is 108 cm³/mol. The van der Waals surface area contributed by atoms with Gasteiger partial charge in [0.1, 0.15) is 12.6 Å². The highest BCUT2D eigenvalue weighted by Gasteiger charge is 2.25. The lowest BCUT2D eigenvalue weighted by Gasteiger charge is -2.19. The minimum atomic E-state index is -0.974. The molecule has 0 bridgehead atoms. The predicted octanol–water partition coefficient (Wildman–Crippen LogP) is 1.74. The standard InChI is InChI=1S/C22H26N2O5/c1-28-22(27)19(12-13-20(25)29-15-17-10-6-3-7-11-17)24-21(26)18(23)14-16-8-4-2-5-9-16/h2-11,18-19H,12-15,23H2,1H3,(H,24,26)/t18-,19+/m0/s1. The zero-order valence-corrected chi connectivity index (χ0v) is 16.4. The molecule has 7 heteroatoms. The Morgan fingerprint density at radius 1 is 0.966 bits per heavy atom. The fraction of sp³-hybridized carbons (Fsp3) is 0.318. The van der Waals surface area contributed by atoms with Crippen LogP contribution < -0.4 is 11.1 Å². The van der Waals surface area contributed by atoms with Crippen LogP contribution in [0, 0.1) is 0 Å². The van der Waals surface area contributed by atoms with Crippen LogP contribution in [0.3, 0.4) is 0 Å². The van der Waals surface area contributed by atoms with Crippen LogP contribution in [-0.4, -0.2) is 37.0 Å². The molecule has 0 heterocycles. The second kappa shape index (κ2) is 11.6. The van der Waals surface area contributed by atoms with Gasteiger partial charge in [-0.2, -0.15) is 0 Å². The number of ether oxygens (including phenoxy) is 2. The second-order valence-corrected chi connectivity index (χ2v) is 6.57. The van der Waals surface area contributed by atoms with Crippen LogP contribution in [0.15, 0.2) is 60.7 Å². The van der Waals surface area contributed by atoms with Crippen molar-refractivity contribution in [3.63, 3.8) is 0 Å². The Morgan fingerprint density at radius 2 is 1.55 bits per heavy atom. The summed E-state index contributed by atoms with van der Waals surface area (Å²) >= 11 is 0. The number of benzene rings is 2. The van der Waals surface area contributed by atoms with Crippen molar-refractivity contribution in [1.29, 1.82) is 0 Å². The van der Waals surface area contributed by atoms with Crippen LogP contribution in [-0.2, 0) is 36.9 Å². The molecule has 0 saturated carbocycles. The number of amides is 1. The van der Waals surface area contributed by atoms with E-state index in [-0.39, 0.29) is 19.4 Å². The summed E-state index contributed by atoms with van der Waals surface area (Å²) in [6.07, 6.45) is 0.352. The fourth-order valence-corrected chi connectivity index (χ4v) is 2.70. The van der Waals surface area contributed by atoms with E-state index in [0.717, 1.165) is 11.1 Å². The maximum Gasteiger partial charge on any atom is 0.328 e. The first-order valence-corrected chi connectivity index (χ1v) is 9.37. The van der Waals surface area contributed by atoms with Gasteiger partial charge in [-0.3, -0.25) is 9.59 Å². The number of carbonyl (C=O) groups excluding carboxylic acids is 3. The van der Waals surface area contributed by atoms with E-state index >= 15 is 0 Å². The van der Waals surface area contributed by atoms with Gasteiger partial charge in [0.25, 0.3) is 0 Å². The molecule has 0 radical (unpaired) electrons. The Morgan fingerprint density at radius 3 is 2.14 bits per heavy atom. The third-order valence-corrected chi connectivity index (χ3v) is 4.32. The largest absolute Gasteiger partial charge is 0.467 e. The molecule has 1 amide bonds. The maximum atomic E-state index is 12.4. The molecule has 7 nitrogen and oxygen atoms in total. The van der Waals surface area contributed by atoms with Crippen LogP contribution >= 0.6 is 0 Å². The molecule has 3 N–H and O–H groups in total. The summed E-state index contributed by atoms with van der Waals surface area (Å²) in [4.78, 5) is 36.3.